The Morgan fingerprint density at radius 1 is 1.15 bits per heavy atom. The quantitative estimate of drug-likeness (QED) is 0.757. The summed E-state index contributed by atoms with van der Waals surface area (Å²) in [6.45, 7) is 4.98. The molecule has 0 saturated carbocycles. The predicted octanol–water partition coefficient (Wildman–Crippen LogP) is 3.34. The number of alkyl halides is 4. The van der Waals surface area contributed by atoms with Gasteiger partial charge >= 0.3 is 12.3 Å². The molecular formula is C12H18F4N4. The minimum atomic E-state index is -4.10. The van der Waals surface area contributed by atoms with E-state index in [0.29, 0.717) is 18.2 Å². The van der Waals surface area contributed by atoms with Gasteiger partial charge in [0.25, 0.3) is 0 Å². The molecule has 0 aromatic carbocycles. The fraction of sp³-hybridized carbons (Fsp3) is 0.667. The Morgan fingerprint density at radius 3 is 2.15 bits per heavy atom. The molecule has 0 aliphatic heterocycles. The fourth-order valence-electron chi connectivity index (χ4n) is 1.37. The Kier molecular flexibility index (Phi) is 5.52. The summed E-state index contributed by atoms with van der Waals surface area (Å²) >= 11 is 0. The monoisotopic (exact) mass is 294 g/mol. The predicted molar refractivity (Wildman–Crippen MR) is 69.7 cm³/mol. The van der Waals surface area contributed by atoms with E-state index in [0.717, 1.165) is 0 Å². The second-order valence-electron chi connectivity index (χ2n) is 4.60. The summed E-state index contributed by atoms with van der Waals surface area (Å²) in [6.07, 6.45) is -3.71. The molecule has 0 atom stereocenters. The molecule has 0 spiro atoms. The first-order valence-electron chi connectivity index (χ1n) is 6.29. The third-order valence-electron chi connectivity index (χ3n) is 2.44. The molecule has 0 unspecified atom stereocenters. The second-order valence-corrected chi connectivity index (χ2v) is 4.60. The zero-order chi connectivity index (χ0) is 15.3. The normalized spacial score (nSPS) is 12.1. The zero-order valence-corrected chi connectivity index (χ0v) is 11.6. The summed E-state index contributed by atoms with van der Waals surface area (Å²) in [5.41, 5.74) is 0. The van der Waals surface area contributed by atoms with Gasteiger partial charge in [0.1, 0.15) is 17.5 Å². The van der Waals surface area contributed by atoms with E-state index in [1.165, 1.54) is 6.07 Å². The lowest BCUT2D eigenvalue weighted by Crippen LogP contribution is -2.35. The molecule has 2 N–H and O–H groups in total. The number of hydrogen-bond donors (Lipinski definition) is 2. The van der Waals surface area contributed by atoms with Crippen LogP contribution in [0.4, 0.5) is 29.2 Å². The molecular weight excluding hydrogens is 276 g/mol. The Bertz CT molecular complexity index is 437. The summed E-state index contributed by atoms with van der Waals surface area (Å²) in [7, 11) is 0. The SMILES string of the molecule is CCNc1cc(NCC(F)(F)C(F)F)nc(C(C)C)n1. The Labute approximate surface area is 115 Å². The molecule has 0 aliphatic carbocycles. The number of halogens is 4. The van der Waals surface area contributed by atoms with Gasteiger partial charge in [-0.3, -0.25) is 0 Å². The van der Waals surface area contributed by atoms with Crippen molar-refractivity contribution in [2.24, 2.45) is 0 Å². The maximum atomic E-state index is 12.9. The van der Waals surface area contributed by atoms with Gasteiger partial charge in [0.2, 0.25) is 0 Å². The van der Waals surface area contributed by atoms with Crippen molar-refractivity contribution in [2.75, 3.05) is 23.7 Å². The standard InChI is InChI=1S/C12H18F4N4/c1-4-17-8-5-9(20-10(19-8)7(2)3)18-6-12(15,16)11(13)14/h5,7,11H,4,6H2,1-3H3,(H2,17,18,19,20). The molecule has 0 amide bonds. The summed E-state index contributed by atoms with van der Waals surface area (Å²) in [6, 6.07) is 1.41. The van der Waals surface area contributed by atoms with Crippen molar-refractivity contribution in [3.63, 3.8) is 0 Å². The number of rotatable bonds is 7. The average Bonchev–Trinajstić information content (AvgIpc) is 2.36. The summed E-state index contributed by atoms with van der Waals surface area (Å²) in [5.74, 6) is -3.09. The first kappa shape index (κ1) is 16.5. The summed E-state index contributed by atoms with van der Waals surface area (Å²) in [5, 5.41) is 5.18. The van der Waals surface area contributed by atoms with Crippen LogP contribution in [0.2, 0.25) is 0 Å². The molecule has 114 valence electrons. The van der Waals surface area contributed by atoms with Gasteiger partial charge in [-0.05, 0) is 6.92 Å². The largest absolute Gasteiger partial charge is 0.370 e. The molecule has 4 nitrogen and oxygen atoms in total. The lowest BCUT2D eigenvalue weighted by molar-refractivity contribution is -0.117. The highest BCUT2D eigenvalue weighted by atomic mass is 19.3. The van der Waals surface area contributed by atoms with Crippen molar-refractivity contribution >= 4 is 11.6 Å². The van der Waals surface area contributed by atoms with Crippen molar-refractivity contribution in [3.8, 4) is 0 Å². The van der Waals surface area contributed by atoms with Crippen LogP contribution in [0.5, 0.6) is 0 Å². The highest BCUT2D eigenvalue weighted by Gasteiger charge is 2.40. The van der Waals surface area contributed by atoms with Crippen molar-refractivity contribution in [2.45, 2.75) is 39.0 Å². The third-order valence-corrected chi connectivity index (χ3v) is 2.44. The van der Waals surface area contributed by atoms with E-state index >= 15 is 0 Å². The van der Waals surface area contributed by atoms with E-state index in [2.05, 4.69) is 20.6 Å². The van der Waals surface area contributed by atoms with E-state index < -0.39 is 18.9 Å². The van der Waals surface area contributed by atoms with Crippen LogP contribution >= 0.6 is 0 Å². The third kappa shape index (κ3) is 4.50. The van der Waals surface area contributed by atoms with Crippen LogP contribution in [0, 0.1) is 0 Å². The molecule has 0 aliphatic rings. The van der Waals surface area contributed by atoms with E-state index in [9.17, 15) is 17.6 Å². The smallest absolute Gasteiger partial charge is 0.324 e. The molecule has 0 saturated heterocycles. The van der Waals surface area contributed by atoms with E-state index in [1.807, 2.05) is 20.8 Å². The number of nitrogens with one attached hydrogen (secondary N) is 2. The lowest BCUT2D eigenvalue weighted by Gasteiger charge is -2.17. The Morgan fingerprint density at radius 2 is 1.70 bits per heavy atom. The van der Waals surface area contributed by atoms with E-state index in [4.69, 9.17) is 0 Å². The van der Waals surface area contributed by atoms with Gasteiger partial charge in [-0.2, -0.15) is 8.78 Å². The van der Waals surface area contributed by atoms with Crippen LogP contribution in [0.15, 0.2) is 6.07 Å². The number of anilines is 2. The zero-order valence-electron chi connectivity index (χ0n) is 11.6. The van der Waals surface area contributed by atoms with Gasteiger partial charge in [-0.25, -0.2) is 18.7 Å². The van der Waals surface area contributed by atoms with Crippen molar-refractivity contribution in [1.82, 2.24) is 9.97 Å². The molecule has 20 heavy (non-hydrogen) atoms. The molecule has 1 rings (SSSR count). The number of hydrogen-bond acceptors (Lipinski definition) is 4. The molecule has 8 heteroatoms. The number of nitrogens with zero attached hydrogens (tertiary/aromatic N) is 2. The average molecular weight is 294 g/mol. The molecule has 0 fully saturated rings. The highest BCUT2D eigenvalue weighted by Crippen LogP contribution is 2.24. The minimum absolute atomic E-state index is 0.00948. The maximum Gasteiger partial charge on any atom is 0.324 e. The van der Waals surface area contributed by atoms with Crippen molar-refractivity contribution in [3.05, 3.63) is 11.9 Å². The van der Waals surface area contributed by atoms with Crippen LogP contribution in [0.3, 0.4) is 0 Å². The molecule has 1 heterocycles. The van der Waals surface area contributed by atoms with E-state index in [-0.39, 0.29) is 11.7 Å². The van der Waals surface area contributed by atoms with Gasteiger partial charge in [0.05, 0.1) is 6.54 Å². The van der Waals surface area contributed by atoms with Crippen LogP contribution in [0.25, 0.3) is 0 Å². The van der Waals surface area contributed by atoms with E-state index in [1.54, 1.807) is 0 Å². The fourth-order valence-corrected chi connectivity index (χ4v) is 1.37. The Balaban J connectivity index is 2.88. The van der Waals surface area contributed by atoms with Crippen LogP contribution in [-0.4, -0.2) is 35.4 Å². The van der Waals surface area contributed by atoms with Gasteiger partial charge in [-0.15, -0.1) is 0 Å². The van der Waals surface area contributed by atoms with Gasteiger partial charge in [-0.1, -0.05) is 13.8 Å². The molecule has 0 radical (unpaired) electrons. The molecule has 1 aromatic heterocycles. The second kappa shape index (κ2) is 6.71. The first-order valence-corrected chi connectivity index (χ1v) is 6.29. The van der Waals surface area contributed by atoms with Crippen molar-refractivity contribution in [1.29, 1.82) is 0 Å². The molecule has 0 bridgehead atoms. The topological polar surface area (TPSA) is 49.8 Å². The maximum absolute atomic E-state index is 12.9. The van der Waals surface area contributed by atoms with Gasteiger partial charge < -0.3 is 10.6 Å². The number of aromatic nitrogens is 2. The summed E-state index contributed by atoms with van der Waals surface area (Å²) < 4.78 is 49.9. The van der Waals surface area contributed by atoms with Crippen LogP contribution in [-0.2, 0) is 0 Å². The Hall–Kier alpha value is -1.60. The van der Waals surface area contributed by atoms with Gasteiger partial charge in [0, 0.05) is 18.5 Å². The lowest BCUT2D eigenvalue weighted by atomic mass is 10.2. The first-order chi connectivity index (χ1) is 9.26. The minimum Gasteiger partial charge on any atom is -0.370 e. The van der Waals surface area contributed by atoms with Crippen molar-refractivity contribution < 1.29 is 17.6 Å². The molecule has 1 aromatic rings. The summed E-state index contributed by atoms with van der Waals surface area (Å²) in [4.78, 5) is 8.24. The highest BCUT2D eigenvalue weighted by molar-refractivity contribution is 5.48. The van der Waals surface area contributed by atoms with Crippen LogP contribution < -0.4 is 10.6 Å². The van der Waals surface area contributed by atoms with Crippen LogP contribution in [0.1, 0.15) is 32.5 Å². The van der Waals surface area contributed by atoms with Gasteiger partial charge in [0.15, 0.2) is 0 Å².